The van der Waals surface area contributed by atoms with Crippen molar-refractivity contribution in [3.63, 3.8) is 0 Å². The average Bonchev–Trinajstić information content (AvgIpc) is 3.64. The van der Waals surface area contributed by atoms with Crippen LogP contribution in [0.5, 0.6) is 0 Å². The lowest BCUT2D eigenvalue weighted by Crippen LogP contribution is -2.35. The van der Waals surface area contributed by atoms with Gasteiger partial charge in [-0.2, -0.15) is 0 Å². The van der Waals surface area contributed by atoms with E-state index in [-0.39, 0.29) is 0 Å². The van der Waals surface area contributed by atoms with Crippen LogP contribution in [0.3, 0.4) is 0 Å². The Hall–Kier alpha value is -2.70. The van der Waals surface area contributed by atoms with Gasteiger partial charge in [0, 0.05) is 46.5 Å². The predicted octanol–water partition coefficient (Wildman–Crippen LogP) is 9.17. The number of carbonyl (C=O) groups is 1. The first-order valence-electron chi connectivity index (χ1n) is 17.8. The Morgan fingerprint density at radius 2 is 2.09 bits per heavy atom. The minimum absolute atomic E-state index is 0.426. The second kappa shape index (κ2) is 15.0. The summed E-state index contributed by atoms with van der Waals surface area (Å²) in [7, 11) is 0. The van der Waals surface area contributed by atoms with Crippen molar-refractivity contribution in [3.05, 3.63) is 77.2 Å². The van der Waals surface area contributed by atoms with E-state index in [1.807, 2.05) is 25.3 Å². The number of H-pyrrole nitrogens is 1. The first-order valence-corrected chi connectivity index (χ1v) is 18.7. The summed E-state index contributed by atoms with van der Waals surface area (Å²) in [5, 5.41) is 5.23. The van der Waals surface area contributed by atoms with Gasteiger partial charge in [-0.05, 0) is 88.8 Å². The molecule has 4 N–H and O–H groups in total. The number of benzene rings is 1. The molecule has 7 rings (SSSR count). The largest absolute Gasteiger partial charge is 0.397 e. The van der Waals surface area contributed by atoms with Crippen molar-refractivity contribution in [1.82, 2.24) is 15.2 Å². The van der Waals surface area contributed by atoms with E-state index in [1.165, 1.54) is 57.9 Å². The van der Waals surface area contributed by atoms with Crippen molar-refractivity contribution in [2.45, 2.75) is 108 Å². The molecule has 2 saturated heterocycles. The van der Waals surface area contributed by atoms with E-state index in [0.29, 0.717) is 27.6 Å². The molecule has 0 amide bonds. The summed E-state index contributed by atoms with van der Waals surface area (Å²) in [5.74, 6) is 2.37. The SMILES string of the molecule is C1=CCCC([C@]23C=CC(CC2)S3)=C1.CCCC(C)C.Cc1ccc2[nH]c(C=O)c(/C(N)=C/NCC3CCN(C4(C)CC4C)C3)c2c1. The number of thioether (sulfide) groups is 1. The highest BCUT2D eigenvalue weighted by Crippen LogP contribution is 2.55. The average molecular weight is 643 g/mol. The van der Waals surface area contributed by atoms with Gasteiger partial charge in [-0.1, -0.05) is 88.1 Å². The third-order valence-corrected chi connectivity index (χ3v) is 12.6. The van der Waals surface area contributed by atoms with Crippen LogP contribution in [0.2, 0.25) is 0 Å². The maximum Gasteiger partial charge on any atom is 0.166 e. The Morgan fingerprint density at radius 3 is 2.65 bits per heavy atom. The Balaban J connectivity index is 0.000000180. The topological polar surface area (TPSA) is 74.1 Å². The van der Waals surface area contributed by atoms with Crippen molar-refractivity contribution in [2.24, 2.45) is 23.5 Å². The summed E-state index contributed by atoms with van der Waals surface area (Å²) in [6.07, 6.45) is 25.0. The van der Waals surface area contributed by atoms with Crippen LogP contribution in [-0.2, 0) is 0 Å². The molecular weight excluding hydrogens is 585 g/mol. The highest BCUT2D eigenvalue weighted by molar-refractivity contribution is 8.02. The van der Waals surface area contributed by atoms with Gasteiger partial charge in [-0.25, -0.2) is 0 Å². The fourth-order valence-corrected chi connectivity index (χ4v) is 9.39. The van der Waals surface area contributed by atoms with E-state index in [0.717, 1.165) is 58.5 Å². The lowest BCUT2D eigenvalue weighted by atomic mass is 9.85. The fraction of sp³-hybridized carbons (Fsp3) is 0.575. The number of aromatic amines is 1. The quantitative estimate of drug-likeness (QED) is 0.188. The molecule has 250 valence electrons. The molecule has 1 saturated carbocycles. The maximum atomic E-state index is 11.5. The zero-order valence-electron chi connectivity index (χ0n) is 29.2. The third-order valence-electron chi connectivity index (χ3n) is 10.8. The molecule has 3 fully saturated rings. The molecule has 5 atom stereocenters. The number of rotatable bonds is 9. The van der Waals surface area contributed by atoms with Crippen LogP contribution in [0.15, 0.2) is 60.4 Å². The first-order chi connectivity index (χ1) is 22.1. The number of likely N-dealkylation sites (tertiary alicyclic amines) is 1. The van der Waals surface area contributed by atoms with E-state index in [9.17, 15) is 4.79 Å². The molecular formula is C40H58N4OS. The van der Waals surface area contributed by atoms with Gasteiger partial charge in [-0.3, -0.25) is 9.69 Å². The number of aromatic nitrogens is 1. The van der Waals surface area contributed by atoms with Crippen LogP contribution in [-0.4, -0.2) is 51.3 Å². The Bertz CT molecular complexity index is 1480. The second-order valence-corrected chi connectivity index (χ2v) is 16.5. The van der Waals surface area contributed by atoms with E-state index in [1.54, 1.807) is 5.57 Å². The monoisotopic (exact) mass is 642 g/mol. The predicted molar refractivity (Wildman–Crippen MR) is 199 cm³/mol. The highest BCUT2D eigenvalue weighted by Gasteiger charge is 2.52. The van der Waals surface area contributed by atoms with E-state index < -0.39 is 0 Å². The maximum absolute atomic E-state index is 11.5. The summed E-state index contributed by atoms with van der Waals surface area (Å²) in [6, 6.07) is 6.10. The number of nitrogens with zero attached hydrogens (tertiary/aromatic N) is 1. The van der Waals surface area contributed by atoms with Crippen molar-refractivity contribution < 1.29 is 4.79 Å². The number of nitrogens with one attached hydrogen (secondary N) is 2. The number of hydrogen-bond donors (Lipinski definition) is 3. The number of carbonyl (C=O) groups excluding carboxylic acids is 1. The molecule has 5 aliphatic rings. The molecule has 2 aliphatic carbocycles. The van der Waals surface area contributed by atoms with Crippen LogP contribution in [0.4, 0.5) is 0 Å². The van der Waals surface area contributed by atoms with Gasteiger partial charge in [0.25, 0.3) is 0 Å². The lowest BCUT2D eigenvalue weighted by molar-refractivity contribution is 0.111. The number of allylic oxidation sites excluding steroid dienone is 3. The van der Waals surface area contributed by atoms with E-state index >= 15 is 0 Å². The van der Waals surface area contributed by atoms with E-state index in [2.05, 4.69) is 98.0 Å². The van der Waals surface area contributed by atoms with Crippen molar-refractivity contribution in [3.8, 4) is 0 Å². The molecule has 0 radical (unpaired) electrons. The normalized spacial score (nSPS) is 29.8. The molecule has 6 heteroatoms. The summed E-state index contributed by atoms with van der Waals surface area (Å²) in [6.45, 7) is 16.8. The fourth-order valence-electron chi connectivity index (χ4n) is 7.74. The number of fused-ring (bicyclic) bond motifs is 3. The zero-order valence-corrected chi connectivity index (χ0v) is 30.0. The Morgan fingerprint density at radius 1 is 1.28 bits per heavy atom. The number of nitrogens with two attached hydrogens (primary N) is 1. The second-order valence-electron chi connectivity index (χ2n) is 14.9. The summed E-state index contributed by atoms with van der Waals surface area (Å²) < 4.78 is 0.426. The van der Waals surface area contributed by atoms with Gasteiger partial charge >= 0.3 is 0 Å². The van der Waals surface area contributed by atoms with Crippen LogP contribution in [0.25, 0.3) is 16.6 Å². The molecule has 1 aromatic heterocycles. The summed E-state index contributed by atoms with van der Waals surface area (Å²) >= 11 is 2.17. The summed E-state index contributed by atoms with van der Waals surface area (Å²) in [4.78, 5) is 17.3. The molecule has 1 aromatic carbocycles. The first kappa shape index (κ1) is 34.6. The van der Waals surface area contributed by atoms with Gasteiger partial charge in [0.15, 0.2) is 6.29 Å². The molecule has 2 bridgehead atoms. The minimum Gasteiger partial charge on any atom is -0.397 e. The van der Waals surface area contributed by atoms with Gasteiger partial charge in [0.1, 0.15) is 0 Å². The van der Waals surface area contributed by atoms with Crippen LogP contribution in [0.1, 0.15) is 108 Å². The zero-order chi connectivity index (χ0) is 32.9. The molecule has 3 aliphatic heterocycles. The lowest BCUT2D eigenvalue weighted by Gasteiger charge is -2.27. The standard InChI is InChI=1S/C22H30N4O.C12H14S.C6H14/c1-14-4-5-19-17(8-14)21(20(13-27)25-19)18(23)11-24-10-16-6-7-26(12-16)22(3)9-15(22)2;1-2-4-10(5-3-1)12-8-6-11(13-12)7-9-12;1-4-5-6(2)3/h4-5,8,11,13,15-16,24-25H,6-7,9-10,12,23H2,1-3H3;1-2,4,6,8,11H,3,5,7,9H2;6H,4-5H2,1-3H3/b18-11-;;/t;11?,12-;/m.0./s1. The van der Waals surface area contributed by atoms with Crippen molar-refractivity contribution in [1.29, 1.82) is 0 Å². The molecule has 0 spiro atoms. The molecule has 5 nitrogen and oxygen atoms in total. The molecule has 4 unspecified atom stereocenters. The van der Waals surface area contributed by atoms with Crippen LogP contribution in [0, 0.1) is 24.7 Å². The van der Waals surface area contributed by atoms with Gasteiger partial charge < -0.3 is 16.0 Å². The minimum atomic E-state index is 0.426. The van der Waals surface area contributed by atoms with E-state index in [4.69, 9.17) is 5.73 Å². The molecule has 46 heavy (non-hydrogen) atoms. The smallest absolute Gasteiger partial charge is 0.166 e. The van der Waals surface area contributed by atoms with Gasteiger partial charge in [-0.15, -0.1) is 11.8 Å². The van der Waals surface area contributed by atoms with Crippen LogP contribution < -0.4 is 11.1 Å². The number of aldehydes is 1. The number of aryl methyl sites for hydroxylation is 1. The van der Waals surface area contributed by atoms with Crippen LogP contribution >= 0.6 is 11.8 Å². The molecule has 4 heterocycles. The van der Waals surface area contributed by atoms with Gasteiger partial charge in [0.2, 0.25) is 0 Å². The Labute approximate surface area is 282 Å². The summed E-state index contributed by atoms with van der Waals surface area (Å²) in [5.41, 5.74) is 12.5. The molecule has 2 aromatic rings. The number of hydrogen-bond acceptors (Lipinski definition) is 5. The van der Waals surface area contributed by atoms with Gasteiger partial charge in [0.05, 0.1) is 16.1 Å². The van der Waals surface area contributed by atoms with Crippen molar-refractivity contribution >= 4 is 34.6 Å². The third kappa shape index (κ3) is 7.87. The highest BCUT2D eigenvalue weighted by atomic mass is 32.2. The van der Waals surface area contributed by atoms with Crippen molar-refractivity contribution in [2.75, 3.05) is 19.6 Å². The Kier molecular flexibility index (Phi) is 11.3.